The van der Waals surface area contributed by atoms with Gasteiger partial charge in [0.15, 0.2) is 11.9 Å². The third-order valence-electron chi connectivity index (χ3n) is 3.97. The molecule has 26 heavy (non-hydrogen) atoms. The first-order chi connectivity index (χ1) is 12.2. The number of para-hydroxylation sites is 1. The number of benzene rings is 2. The molecule has 2 aromatic rings. The van der Waals surface area contributed by atoms with Crippen molar-refractivity contribution in [2.45, 2.75) is 39.7 Å². The molecule has 0 saturated heterocycles. The fraction of sp³-hybridized carbons (Fsp3) is 0.316. The summed E-state index contributed by atoms with van der Waals surface area (Å²) in [5.41, 5.74) is 2.42. The second-order valence-electron chi connectivity index (χ2n) is 6.31. The van der Waals surface area contributed by atoms with Crippen LogP contribution in [0, 0.1) is 17.0 Å². The second-order valence-corrected chi connectivity index (χ2v) is 6.75. The van der Waals surface area contributed by atoms with Crippen LogP contribution >= 0.6 is 11.6 Å². The van der Waals surface area contributed by atoms with E-state index in [2.05, 4.69) is 5.32 Å². The number of amides is 1. The Kier molecular flexibility index (Phi) is 6.21. The minimum atomic E-state index is -0.922. The molecule has 0 saturated carbocycles. The monoisotopic (exact) mass is 376 g/mol. The van der Waals surface area contributed by atoms with Crippen LogP contribution in [0.2, 0.25) is 5.02 Å². The zero-order chi connectivity index (χ0) is 19.4. The van der Waals surface area contributed by atoms with Gasteiger partial charge in [0, 0.05) is 16.8 Å². The van der Waals surface area contributed by atoms with E-state index < -0.39 is 11.0 Å². The van der Waals surface area contributed by atoms with Gasteiger partial charge in [-0.05, 0) is 43.0 Å². The predicted octanol–water partition coefficient (Wildman–Crippen LogP) is 5.09. The van der Waals surface area contributed by atoms with Gasteiger partial charge in [0.2, 0.25) is 0 Å². The largest absolute Gasteiger partial charge is 0.474 e. The second kappa shape index (κ2) is 8.19. The zero-order valence-corrected chi connectivity index (χ0v) is 15.8. The van der Waals surface area contributed by atoms with Gasteiger partial charge in [0.25, 0.3) is 5.91 Å². The van der Waals surface area contributed by atoms with Gasteiger partial charge in [0.05, 0.1) is 4.92 Å². The van der Waals surface area contributed by atoms with Crippen LogP contribution in [0.1, 0.15) is 37.8 Å². The minimum Gasteiger partial charge on any atom is -0.474 e. The molecule has 2 aromatic carbocycles. The van der Waals surface area contributed by atoms with E-state index in [-0.39, 0.29) is 28.3 Å². The number of hydrogen-bond donors (Lipinski definition) is 1. The molecule has 0 spiro atoms. The first-order valence-electron chi connectivity index (χ1n) is 8.21. The van der Waals surface area contributed by atoms with Crippen molar-refractivity contribution in [3.05, 3.63) is 62.7 Å². The first kappa shape index (κ1) is 19.7. The molecular weight excluding hydrogens is 356 g/mol. The maximum absolute atomic E-state index is 12.6. The molecule has 0 heterocycles. The average Bonchev–Trinajstić information content (AvgIpc) is 2.57. The van der Waals surface area contributed by atoms with E-state index in [1.165, 1.54) is 18.2 Å². The molecule has 6 nitrogen and oxygen atoms in total. The van der Waals surface area contributed by atoms with Gasteiger partial charge in [-0.15, -0.1) is 0 Å². The highest BCUT2D eigenvalue weighted by Crippen LogP contribution is 2.31. The molecule has 0 unspecified atom stereocenters. The molecule has 138 valence electrons. The van der Waals surface area contributed by atoms with E-state index in [4.69, 9.17) is 16.3 Å². The molecule has 1 N–H and O–H groups in total. The van der Waals surface area contributed by atoms with Gasteiger partial charge in [-0.25, -0.2) is 0 Å². The normalized spacial score (nSPS) is 11.9. The van der Waals surface area contributed by atoms with Gasteiger partial charge in [-0.2, -0.15) is 0 Å². The summed E-state index contributed by atoms with van der Waals surface area (Å²) in [5.74, 6) is -0.153. The molecule has 0 bridgehead atoms. The highest BCUT2D eigenvalue weighted by molar-refractivity contribution is 6.30. The fourth-order valence-corrected chi connectivity index (χ4v) is 2.71. The van der Waals surface area contributed by atoms with Gasteiger partial charge in [-0.1, -0.05) is 43.6 Å². The topological polar surface area (TPSA) is 81.5 Å². The van der Waals surface area contributed by atoms with Crippen molar-refractivity contribution >= 4 is 28.9 Å². The molecule has 2 rings (SSSR count). The summed E-state index contributed by atoms with van der Waals surface area (Å²) in [6, 6.07) is 9.88. The summed E-state index contributed by atoms with van der Waals surface area (Å²) in [6.07, 6.45) is -0.922. The van der Waals surface area contributed by atoms with Crippen LogP contribution in [0.3, 0.4) is 0 Å². The Bertz CT molecular complexity index is 836. The molecule has 0 aromatic heterocycles. The standard InChI is InChI=1S/C19H21ClN2O4/c1-11(2)15-7-5-6-12(3)18(15)21-19(23)13(4)26-17-9-8-14(20)10-16(17)22(24)25/h5-11,13H,1-4H3,(H,21,23)/t13-/m1/s1. The van der Waals surface area contributed by atoms with Crippen LogP contribution < -0.4 is 10.1 Å². The molecule has 0 fully saturated rings. The first-order valence-corrected chi connectivity index (χ1v) is 8.59. The number of carbonyl (C=O) groups excluding carboxylic acids is 1. The quantitative estimate of drug-likeness (QED) is 0.562. The Hall–Kier alpha value is -2.60. The predicted molar refractivity (Wildman–Crippen MR) is 102 cm³/mol. The molecule has 0 aliphatic heterocycles. The molecule has 1 amide bonds. The molecule has 1 atom stereocenters. The van der Waals surface area contributed by atoms with Crippen LogP contribution in [0.25, 0.3) is 0 Å². The highest BCUT2D eigenvalue weighted by Gasteiger charge is 2.23. The van der Waals surface area contributed by atoms with E-state index in [1.54, 1.807) is 6.92 Å². The number of ether oxygens (including phenoxy) is 1. The Morgan fingerprint density at radius 2 is 1.92 bits per heavy atom. The Labute approximate surface area is 157 Å². The Morgan fingerprint density at radius 1 is 1.23 bits per heavy atom. The number of nitro groups is 1. The van der Waals surface area contributed by atoms with Gasteiger partial charge in [0.1, 0.15) is 0 Å². The van der Waals surface area contributed by atoms with Crippen molar-refractivity contribution in [2.75, 3.05) is 5.32 Å². The van der Waals surface area contributed by atoms with Crippen molar-refractivity contribution in [1.82, 2.24) is 0 Å². The summed E-state index contributed by atoms with van der Waals surface area (Å²) < 4.78 is 5.52. The molecule has 0 aliphatic carbocycles. The molecule has 0 radical (unpaired) electrons. The third kappa shape index (κ3) is 4.52. The van der Waals surface area contributed by atoms with Crippen LogP contribution in [-0.4, -0.2) is 16.9 Å². The number of nitrogens with zero attached hydrogens (tertiary/aromatic N) is 1. The van der Waals surface area contributed by atoms with Crippen LogP contribution in [0.5, 0.6) is 5.75 Å². The lowest BCUT2D eigenvalue weighted by Gasteiger charge is -2.19. The van der Waals surface area contributed by atoms with E-state index in [9.17, 15) is 14.9 Å². The maximum atomic E-state index is 12.6. The summed E-state index contributed by atoms with van der Waals surface area (Å²) in [5, 5.41) is 14.3. The van der Waals surface area contributed by atoms with Gasteiger partial charge in [-0.3, -0.25) is 14.9 Å². The number of rotatable bonds is 6. The Morgan fingerprint density at radius 3 is 2.54 bits per heavy atom. The summed E-state index contributed by atoms with van der Waals surface area (Å²) >= 11 is 5.79. The smallest absolute Gasteiger partial charge is 0.312 e. The maximum Gasteiger partial charge on any atom is 0.312 e. The summed E-state index contributed by atoms with van der Waals surface area (Å²) in [4.78, 5) is 23.1. The zero-order valence-electron chi connectivity index (χ0n) is 15.1. The highest BCUT2D eigenvalue weighted by atomic mass is 35.5. The summed E-state index contributed by atoms with van der Waals surface area (Å²) in [6.45, 7) is 7.54. The number of nitrogens with one attached hydrogen (secondary N) is 1. The van der Waals surface area contributed by atoms with Gasteiger partial charge < -0.3 is 10.1 Å². The number of halogens is 1. The van der Waals surface area contributed by atoms with Gasteiger partial charge >= 0.3 is 5.69 Å². The lowest BCUT2D eigenvalue weighted by molar-refractivity contribution is -0.386. The van der Waals surface area contributed by atoms with E-state index in [0.717, 1.165) is 16.8 Å². The number of hydrogen-bond acceptors (Lipinski definition) is 4. The van der Waals surface area contributed by atoms with E-state index in [0.29, 0.717) is 0 Å². The van der Waals surface area contributed by atoms with Crippen LogP contribution in [0.15, 0.2) is 36.4 Å². The van der Waals surface area contributed by atoms with Crippen molar-refractivity contribution in [3.8, 4) is 5.75 Å². The van der Waals surface area contributed by atoms with Crippen molar-refractivity contribution < 1.29 is 14.5 Å². The van der Waals surface area contributed by atoms with Crippen molar-refractivity contribution in [1.29, 1.82) is 0 Å². The number of anilines is 1. The van der Waals surface area contributed by atoms with Crippen LogP contribution in [0.4, 0.5) is 11.4 Å². The average molecular weight is 377 g/mol. The van der Waals surface area contributed by atoms with Crippen LogP contribution in [-0.2, 0) is 4.79 Å². The number of nitro benzene ring substituents is 1. The van der Waals surface area contributed by atoms with Crippen molar-refractivity contribution in [3.63, 3.8) is 0 Å². The third-order valence-corrected chi connectivity index (χ3v) is 4.20. The fourth-order valence-electron chi connectivity index (χ4n) is 2.54. The lowest BCUT2D eigenvalue weighted by atomic mass is 9.98. The van der Waals surface area contributed by atoms with E-state index >= 15 is 0 Å². The van der Waals surface area contributed by atoms with Crippen molar-refractivity contribution in [2.24, 2.45) is 0 Å². The lowest BCUT2D eigenvalue weighted by Crippen LogP contribution is -2.31. The minimum absolute atomic E-state index is 0.00378. The van der Waals surface area contributed by atoms with E-state index in [1.807, 2.05) is 39.0 Å². The summed E-state index contributed by atoms with van der Waals surface area (Å²) in [7, 11) is 0. The molecule has 0 aliphatic rings. The SMILES string of the molecule is Cc1cccc(C(C)C)c1NC(=O)[C@@H](C)Oc1ccc(Cl)cc1[N+](=O)[O-]. The molecule has 7 heteroatoms. The Balaban J connectivity index is 2.21. The number of carbonyl (C=O) groups is 1. The number of aryl methyl sites for hydroxylation is 1. The molecular formula is C19H21ClN2O4.